The Morgan fingerprint density at radius 3 is 1.84 bits per heavy atom. The fourth-order valence-electron chi connectivity index (χ4n) is 2.67. The summed E-state index contributed by atoms with van der Waals surface area (Å²) in [6.45, 7) is 13.2. The van der Waals surface area contributed by atoms with Gasteiger partial charge in [0.2, 0.25) is 0 Å². The molecule has 0 aliphatic rings. The van der Waals surface area contributed by atoms with Crippen molar-refractivity contribution in [3.8, 4) is 5.75 Å². The molecule has 0 saturated carbocycles. The Hall–Kier alpha value is -1.50. The van der Waals surface area contributed by atoms with Crippen molar-refractivity contribution in [2.24, 2.45) is 0 Å². The summed E-state index contributed by atoms with van der Waals surface area (Å²) in [5, 5.41) is 12.5. The number of rotatable bonds is 0. The summed E-state index contributed by atoms with van der Waals surface area (Å²) in [7, 11) is 0. The maximum atomic E-state index is 10.3. The molecule has 19 heavy (non-hydrogen) atoms. The van der Waals surface area contributed by atoms with Crippen LogP contribution in [0.15, 0.2) is 30.3 Å². The van der Waals surface area contributed by atoms with Gasteiger partial charge < -0.3 is 5.11 Å². The first kappa shape index (κ1) is 13.9. The van der Waals surface area contributed by atoms with Crippen LogP contribution in [0.5, 0.6) is 5.75 Å². The minimum absolute atomic E-state index is 0.0213. The number of benzene rings is 2. The lowest BCUT2D eigenvalue weighted by atomic mass is 9.79. The molecule has 102 valence electrons. The number of hydrogen-bond donors (Lipinski definition) is 1. The summed E-state index contributed by atoms with van der Waals surface area (Å²) in [5.41, 5.74) is 2.58. The second-order valence-corrected chi connectivity index (χ2v) is 7.36. The van der Waals surface area contributed by atoms with Gasteiger partial charge in [0, 0.05) is 5.39 Å². The molecule has 0 fully saturated rings. The topological polar surface area (TPSA) is 20.2 Å². The third kappa shape index (κ3) is 2.47. The third-order valence-corrected chi connectivity index (χ3v) is 3.63. The van der Waals surface area contributed by atoms with E-state index in [1.807, 2.05) is 12.1 Å². The normalized spacial score (nSPS) is 12.9. The minimum atomic E-state index is 0.0213. The molecule has 0 spiro atoms. The smallest absolute Gasteiger partial charge is 0.123 e. The molecule has 2 aromatic carbocycles. The molecule has 0 unspecified atom stereocenters. The van der Waals surface area contributed by atoms with Gasteiger partial charge in [0.15, 0.2) is 0 Å². The van der Waals surface area contributed by atoms with Gasteiger partial charge in [-0.1, -0.05) is 65.8 Å². The standard InChI is InChI=1S/C18H24O/c1-17(2,3)13-10-11-15(19)16-12(13)8-7-9-14(16)18(4,5)6/h7-11,19H,1-6H3. The zero-order valence-electron chi connectivity index (χ0n) is 12.8. The van der Waals surface area contributed by atoms with Gasteiger partial charge in [-0.25, -0.2) is 0 Å². The molecule has 0 aliphatic carbocycles. The summed E-state index contributed by atoms with van der Waals surface area (Å²) < 4.78 is 0. The first-order chi connectivity index (χ1) is 8.62. The van der Waals surface area contributed by atoms with Gasteiger partial charge in [-0.3, -0.25) is 0 Å². The van der Waals surface area contributed by atoms with E-state index in [4.69, 9.17) is 0 Å². The molecule has 1 heteroatoms. The molecule has 1 N–H and O–H groups in total. The molecule has 0 bridgehead atoms. The summed E-state index contributed by atoms with van der Waals surface area (Å²) in [5.74, 6) is 0.383. The molecule has 0 aromatic heterocycles. The molecular formula is C18H24O. The van der Waals surface area contributed by atoms with Gasteiger partial charge in [0.05, 0.1) is 0 Å². The van der Waals surface area contributed by atoms with E-state index in [0.717, 1.165) is 5.39 Å². The van der Waals surface area contributed by atoms with E-state index in [9.17, 15) is 5.11 Å². The van der Waals surface area contributed by atoms with Crippen molar-refractivity contribution in [3.05, 3.63) is 41.5 Å². The van der Waals surface area contributed by atoms with Crippen molar-refractivity contribution < 1.29 is 5.11 Å². The number of hydrogen-bond acceptors (Lipinski definition) is 1. The van der Waals surface area contributed by atoms with Gasteiger partial charge in [-0.15, -0.1) is 0 Å². The molecule has 0 atom stereocenters. The van der Waals surface area contributed by atoms with Crippen LogP contribution in [0.4, 0.5) is 0 Å². The lowest BCUT2D eigenvalue weighted by Gasteiger charge is -2.26. The number of phenolic OH excluding ortho intramolecular Hbond substituents is 1. The monoisotopic (exact) mass is 256 g/mol. The highest BCUT2D eigenvalue weighted by molar-refractivity contribution is 5.95. The molecule has 2 rings (SSSR count). The summed E-state index contributed by atoms with van der Waals surface area (Å²) >= 11 is 0. The van der Waals surface area contributed by atoms with Gasteiger partial charge in [-0.05, 0) is 33.4 Å². The zero-order chi connectivity index (χ0) is 14.4. The van der Waals surface area contributed by atoms with Crippen LogP contribution in [-0.4, -0.2) is 5.11 Å². The third-order valence-electron chi connectivity index (χ3n) is 3.63. The average molecular weight is 256 g/mol. The number of fused-ring (bicyclic) bond motifs is 1. The maximum Gasteiger partial charge on any atom is 0.123 e. The highest BCUT2D eigenvalue weighted by Gasteiger charge is 2.23. The Bertz CT molecular complexity index is 610. The molecule has 0 amide bonds. The number of aromatic hydroxyl groups is 1. The van der Waals surface area contributed by atoms with Gasteiger partial charge in [0.1, 0.15) is 5.75 Å². The summed E-state index contributed by atoms with van der Waals surface area (Å²) in [6, 6.07) is 10.2. The van der Waals surface area contributed by atoms with Crippen LogP contribution in [0.3, 0.4) is 0 Å². The van der Waals surface area contributed by atoms with E-state index in [0.29, 0.717) is 5.75 Å². The van der Waals surface area contributed by atoms with E-state index >= 15 is 0 Å². The molecule has 0 aliphatic heterocycles. The molecular weight excluding hydrogens is 232 g/mol. The van der Waals surface area contributed by atoms with Crippen LogP contribution in [0.2, 0.25) is 0 Å². The molecule has 2 aromatic rings. The Kier molecular flexibility index (Phi) is 3.12. The largest absolute Gasteiger partial charge is 0.507 e. The van der Waals surface area contributed by atoms with Crippen LogP contribution in [0.1, 0.15) is 52.7 Å². The fourth-order valence-corrected chi connectivity index (χ4v) is 2.67. The van der Waals surface area contributed by atoms with Gasteiger partial charge in [-0.2, -0.15) is 0 Å². The SMILES string of the molecule is CC(C)(C)c1ccc(O)c2c(C(C)(C)C)cccc12. The predicted molar refractivity (Wildman–Crippen MR) is 83.0 cm³/mol. The van der Waals surface area contributed by atoms with Crippen LogP contribution in [-0.2, 0) is 10.8 Å². The van der Waals surface area contributed by atoms with E-state index in [1.54, 1.807) is 0 Å². The second kappa shape index (κ2) is 4.26. The molecule has 0 saturated heterocycles. The van der Waals surface area contributed by atoms with Crippen molar-refractivity contribution in [1.82, 2.24) is 0 Å². The van der Waals surface area contributed by atoms with Crippen LogP contribution in [0.25, 0.3) is 10.8 Å². The summed E-state index contributed by atoms with van der Waals surface area (Å²) in [4.78, 5) is 0. The van der Waals surface area contributed by atoms with Crippen molar-refractivity contribution in [2.45, 2.75) is 52.4 Å². The fraction of sp³-hybridized carbons (Fsp3) is 0.444. The van der Waals surface area contributed by atoms with Crippen molar-refractivity contribution in [1.29, 1.82) is 0 Å². The minimum Gasteiger partial charge on any atom is -0.507 e. The Balaban J connectivity index is 2.92. The van der Waals surface area contributed by atoms with Gasteiger partial charge >= 0.3 is 0 Å². The predicted octanol–water partition coefficient (Wildman–Crippen LogP) is 5.14. The quantitative estimate of drug-likeness (QED) is 0.692. The Labute approximate surface area is 116 Å². The van der Waals surface area contributed by atoms with Crippen LogP contribution >= 0.6 is 0 Å². The molecule has 0 radical (unpaired) electrons. The van der Waals surface area contributed by atoms with Crippen LogP contribution < -0.4 is 0 Å². The zero-order valence-corrected chi connectivity index (χ0v) is 12.8. The first-order valence-corrected chi connectivity index (χ1v) is 6.88. The van der Waals surface area contributed by atoms with Gasteiger partial charge in [0.25, 0.3) is 0 Å². The van der Waals surface area contributed by atoms with Crippen molar-refractivity contribution >= 4 is 10.8 Å². The Morgan fingerprint density at radius 1 is 0.737 bits per heavy atom. The Morgan fingerprint density at radius 2 is 1.32 bits per heavy atom. The lowest BCUT2D eigenvalue weighted by Crippen LogP contribution is -2.14. The van der Waals surface area contributed by atoms with E-state index in [2.05, 4.69) is 59.7 Å². The summed E-state index contributed by atoms with van der Waals surface area (Å²) in [6.07, 6.45) is 0. The highest BCUT2D eigenvalue weighted by Crippen LogP contribution is 2.39. The number of phenols is 1. The highest BCUT2D eigenvalue weighted by atomic mass is 16.3. The first-order valence-electron chi connectivity index (χ1n) is 6.88. The maximum absolute atomic E-state index is 10.3. The average Bonchev–Trinajstić information content (AvgIpc) is 2.25. The van der Waals surface area contributed by atoms with Crippen LogP contribution in [0, 0.1) is 0 Å². The lowest BCUT2D eigenvalue weighted by molar-refractivity contribution is 0.478. The second-order valence-electron chi connectivity index (χ2n) is 7.36. The molecule has 1 nitrogen and oxygen atoms in total. The van der Waals surface area contributed by atoms with E-state index in [1.165, 1.54) is 16.5 Å². The molecule has 0 heterocycles. The van der Waals surface area contributed by atoms with Crippen molar-refractivity contribution in [3.63, 3.8) is 0 Å². The van der Waals surface area contributed by atoms with E-state index < -0.39 is 0 Å². The van der Waals surface area contributed by atoms with Crippen molar-refractivity contribution in [2.75, 3.05) is 0 Å². The van der Waals surface area contributed by atoms with E-state index in [-0.39, 0.29) is 10.8 Å².